The van der Waals surface area contributed by atoms with Crippen LogP contribution in [0.4, 0.5) is 0 Å². The van der Waals surface area contributed by atoms with Crippen molar-refractivity contribution in [2.24, 2.45) is 23.7 Å². The lowest BCUT2D eigenvalue weighted by molar-refractivity contribution is -0.161. The largest absolute Gasteiger partial charge is 0.472 e. The summed E-state index contributed by atoms with van der Waals surface area (Å²) in [6.45, 7) is 14.1. The van der Waals surface area contributed by atoms with Crippen LogP contribution in [0.3, 0.4) is 0 Å². The van der Waals surface area contributed by atoms with Gasteiger partial charge >= 0.3 is 39.5 Å². The number of aliphatic hydroxyl groups is 1. The molecule has 0 saturated carbocycles. The van der Waals surface area contributed by atoms with E-state index in [0.717, 1.165) is 108 Å². The topological polar surface area (TPSA) is 237 Å². The maximum absolute atomic E-state index is 13.0. The van der Waals surface area contributed by atoms with Gasteiger partial charge < -0.3 is 33.8 Å². The highest BCUT2D eigenvalue weighted by Gasteiger charge is 2.30. The van der Waals surface area contributed by atoms with Crippen molar-refractivity contribution in [2.45, 2.75) is 388 Å². The van der Waals surface area contributed by atoms with Crippen LogP contribution in [0.2, 0.25) is 0 Å². The van der Waals surface area contributed by atoms with Crippen molar-refractivity contribution in [2.75, 3.05) is 39.6 Å². The Morgan fingerprint density at radius 2 is 0.516 bits per heavy atom. The number of hydrogen-bond acceptors (Lipinski definition) is 15. The van der Waals surface area contributed by atoms with Gasteiger partial charge in [-0.05, 0) is 49.4 Å². The monoisotopic (exact) mass is 1370 g/mol. The minimum Gasteiger partial charge on any atom is -0.462 e. The molecule has 6 atom stereocenters. The number of unbranched alkanes of at least 4 members (excludes halogenated alkanes) is 36. The fraction of sp³-hybridized carbons (Fsp3) is 0.946. The summed E-state index contributed by atoms with van der Waals surface area (Å²) in [5, 5.41) is 10.6. The highest BCUT2D eigenvalue weighted by Crippen LogP contribution is 2.45. The number of carbonyl (C=O) groups is 4. The zero-order chi connectivity index (χ0) is 68.9. The summed E-state index contributed by atoms with van der Waals surface area (Å²) in [6, 6.07) is 0. The molecule has 0 aromatic carbocycles. The van der Waals surface area contributed by atoms with E-state index in [9.17, 15) is 43.2 Å². The highest BCUT2D eigenvalue weighted by atomic mass is 31.2. The van der Waals surface area contributed by atoms with E-state index >= 15 is 0 Å². The summed E-state index contributed by atoms with van der Waals surface area (Å²) < 4.78 is 68.4. The molecule has 4 unspecified atom stereocenters. The fourth-order valence-electron chi connectivity index (χ4n) is 11.2. The van der Waals surface area contributed by atoms with Crippen molar-refractivity contribution in [1.82, 2.24) is 0 Å². The van der Waals surface area contributed by atoms with Crippen LogP contribution in [0.1, 0.15) is 370 Å². The molecular formula is C74H144O17P2. The van der Waals surface area contributed by atoms with Crippen LogP contribution < -0.4 is 0 Å². The number of phosphoric acid groups is 2. The Hall–Kier alpha value is -1.94. The van der Waals surface area contributed by atoms with Gasteiger partial charge in [-0.15, -0.1) is 0 Å². The van der Waals surface area contributed by atoms with Crippen LogP contribution in [0.25, 0.3) is 0 Å². The summed E-state index contributed by atoms with van der Waals surface area (Å²) in [6.07, 6.45) is 47.4. The van der Waals surface area contributed by atoms with E-state index in [1.807, 2.05) is 0 Å². The summed E-state index contributed by atoms with van der Waals surface area (Å²) in [4.78, 5) is 72.7. The van der Waals surface area contributed by atoms with E-state index in [-0.39, 0.29) is 25.7 Å². The highest BCUT2D eigenvalue weighted by molar-refractivity contribution is 7.47. The molecule has 0 aliphatic heterocycles. The quantitative estimate of drug-likeness (QED) is 0.0222. The number of phosphoric ester groups is 2. The van der Waals surface area contributed by atoms with E-state index in [4.69, 9.17) is 37.0 Å². The molecule has 0 rings (SSSR count). The van der Waals surface area contributed by atoms with Gasteiger partial charge in [-0.25, -0.2) is 9.13 Å². The van der Waals surface area contributed by atoms with Crippen LogP contribution in [0, 0.1) is 23.7 Å². The molecule has 0 spiro atoms. The van der Waals surface area contributed by atoms with Crippen molar-refractivity contribution in [3.05, 3.63) is 0 Å². The second-order valence-corrected chi connectivity index (χ2v) is 31.3. The number of ether oxygens (including phenoxy) is 4. The Labute approximate surface area is 568 Å². The molecule has 0 aromatic heterocycles. The Balaban J connectivity index is 5.18. The Bertz CT molecular complexity index is 1840. The molecule has 552 valence electrons. The van der Waals surface area contributed by atoms with E-state index in [1.54, 1.807) is 0 Å². The number of esters is 4. The van der Waals surface area contributed by atoms with Crippen molar-refractivity contribution in [1.29, 1.82) is 0 Å². The normalized spacial score (nSPS) is 14.5. The van der Waals surface area contributed by atoms with Gasteiger partial charge in [0, 0.05) is 25.7 Å². The number of hydrogen-bond donors (Lipinski definition) is 3. The van der Waals surface area contributed by atoms with Gasteiger partial charge in [0.15, 0.2) is 12.2 Å². The number of aliphatic hydroxyl groups excluding tert-OH is 1. The first-order valence-corrected chi connectivity index (χ1v) is 41.2. The minimum atomic E-state index is -4.95. The molecule has 0 bridgehead atoms. The van der Waals surface area contributed by atoms with Gasteiger partial charge in [0.05, 0.1) is 26.4 Å². The molecule has 0 aliphatic rings. The molecule has 0 fully saturated rings. The summed E-state index contributed by atoms with van der Waals surface area (Å²) in [5.74, 6) is 0.889. The Morgan fingerprint density at radius 1 is 0.301 bits per heavy atom. The summed E-state index contributed by atoms with van der Waals surface area (Å²) in [5.41, 5.74) is 0. The van der Waals surface area contributed by atoms with Crippen LogP contribution in [-0.2, 0) is 65.4 Å². The predicted octanol–water partition coefficient (Wildman–Crippen LogP) is 21.3. The predicted molar refractivity (Wildman–Crippen MR) is 377 cm³/mol. The van der Waals surface area contributed by atoms with E-state index < -0.39 is 97.5 Å². The SMILES string of the molecule is CCC(C)CCCCCCCCCCCCC(=O)O[C@H](COC(=O)CCCCCCCCCC(C)C)COP(=O)(O)OCC(O)COP(=O)(O)OC[C@@H](COC(=O)CCCCCCCCCCCCCCCCCCC(C)C)OC(=O)CCCCCCCCCC(C)C. The van der Waals surface area contributed by atoms with E-state index in [0.29, 0.717) is 37.5 Å². The summed E-state index contributed by atoms with van der Waals surface area (Å²) in [7, 11) is -9.91. The van der Waals surface area contributed by atoms with Crippen LogP contribution >= 0.6 is 15.6 Å². The molecule has 3 N–H and O–H groups in total. The maximum atomic E-state index is 13.0. The van der Waals surface area contributed by atoms with E-state index in [1.165, 1.54) is 167 Å². The zero-order valence-corrected chi connectivity index (χ0v) is 62.7. The fourth-order valence-corrected chi connectivity index (χ4v) is 12.7. The molecular weight excluding hydrogens is 1220 g/mol. The second kappa shape index (κ2) is 63.5. The maximum Gasteiger partial charge on any atom is 0.472 e. The van der Waals surface area contributed by atoms with Crippen molar-refractivity contribution in [3.63, 3.8) is 0 Å². The van der Waals surface area contributed by atoms with Crippen molar-refractivity contribution in [3.8, 4) is 0 Å². The molecule has 93 heavy (non-hydrogen) atoms. The van der Waals surface area contributed by atoms with E-state index in [2.05, 4.69) is 55.4 Å². The average molecular weight is 1370 g/mol. The number of rotatable bonds is 71. The van der Waals surface area contributed by atoms with Gasteiger partial charge in [0.25, 0.3) is 0 Å². The second-order valence-electron chi connectivity index (χ2n) is 28.4. The third kappa shape index (κ3) is 67.0. The Kier molecular flexibility index (Phi) is 62.2. The van der Waals surface area contributed by atoms with Crippen LogP contribution in [0.5, 0.6) is 0 Å². The molecule has 0 radical (unpaired) electrons. The first-order valence-electron chi connectivity index (χ1n) is 38.2. The smallest absolute Gasteiger partial charge is 0.462 e. The molecule has 19 heteroatoms. The standard InChI is InChI=1S/C74H144O17P2/c1-9-67(8)53-45-37-29-21-18-19-23-31-40-48-56-73(78)90-69(61-85-72(77)55-47-39-32-24-27-35-43-51-65(4)5)62-88-92(80,81)86-58-68(75)59-87-93(82,83)89-63-70(91-74(79)57-49-41-33-25-28-36-44-52-66(6)7)60-84-71(76)54-46-38-30-22-17-15-13-11-10-12-14-16-20-26-34-42-50-64(2)3/h64-70,75H,9-63H2,1-8H3,(H,80,81)(H,82,83)/t67?,68?,69-,70-/m1/s1. The third-order valence-electron chi connectivity index (χ3n) is 17.4. The lowest BCUT2D eigenvalue weighted by atomic mass is 9.99. The minimum absolute atomic E-state index is 0.103. The van der Waals surface area contributed by atoms with Crippen molar-refractivity contribution < 1.29 is 80.2 Å². The number of carbonyl (C=O) groups excluding carboxylic acids is 4. The van der Waals surface area contributed by atoms with Crippen molar-refractivity contribution >= 4 is 39.5 Å². The van der Waals surface area contributed by atoms with Gasteiger partial charge in [0.2, 0.25) is 0 Å². The molecule has 0 amide bonds. The summed E-state index contributed by atoms with van der Waals surface area (Å²) >= 11 is 0. The molecule has 0 aliphatic carbocycles. The molecule has 0 aromatic rings. The average Bonchev–Trinajstić information content (AvgIpc) is 2.33. The van der Waals surface area contributed by atoms with Gasteiger partial charge in [0.1, 0.15) is 19.3 Å². The molecule has 0 saturated heterocycles. The lowest BCUT2D eigenvalue weighted by Crippen LogP contribution is -2.30. The third-order valence-corrected chi connectivity index (χ3v) is 19.3. The van der Waals surface area contributed by atoms with Crippen LogP contribution in [-0.4, -0.2) is 96.7 Å². The van der Waals surface area contributed by atoms with Crippen LogP contribution in [0.15, 0.2) is 0 Å². The lowest BCUT2D eigenvalue weighted by Gasteiger charge is -2.21. The molecule has 0 heterocycles. The van der Waals surface area contributed by atoms with Gasteiger partial charge in [-0.3, -0.25) is 37.3 Å². The first kappa shape index (κ1) is 91.1. The zero-order valence-electron chi connectivity index (χ0n) is 60.9. The molecule has 17 nitrogen and oxygen atoms in total. The van der Waals surface area contributed by atoms with Gasteiger partial charge in [-0.2, -0.15) is 0 Å². The first-order chi connectivity index (χ1) is 44.6. The Morgan fingerprint density at radius 3 is 0.763 bits per heavy atom. The van der Waals surface area contributed by atoms with Gasteiger partial charge in [-0.1, -0.05) is 319 Å².